The molecule has 6 aliphatic rings. The summed E-state index contributed by atoms with van der Waals surface area (Å²) in [6, 6.07) is 14.4. The SMILES string of the molecule is C[C@@H](c1cc(Cl)cc(Cl)c1)N1CCC(C)(COc2cc(F)c(C(=O)N3C[C@H](F)C[C@H]3C(=O)O)cc2C2CC2)CC1.C[C@H](c1cc(Cl)cc(Cl)c1)N1CCC(C)(COc2cc(F)c(C(=O)N3C[C@H](F)C[C@H]3C(=O)O)cc2C2CC2)CC1. The largest absolute Gasteiger partial charge is 0.493 e. The van der Waals surface area contributed by atoms with Crippen LogP contribution in [0.2, 0.25) is 20.1 Å². The number of piperidine rings is 2. The molecule has 6 atom stereocenters. The molecule has 0 radical (unpaired) electrons. The van der Waals surface area contributed by atoms with E-state index in [2.05, 4.69) is 37.5 Å². The maximum Gasteiger partial charge on any atom is 0.326 e. The van der Waals surface area contributed by atoms with E-state index in [0.717, 1.165) is 110 Å². The van der Waals surface area contributed by atoms with Crippen LogP contribution in [0, 0.1) is 22.5 Å². The molecule has 0 spiro atoms. The number of amides is 2. The van der Waals surface area contributed by atoms with E-state index in [9.17, 15) is 38.2 Å². The van der Waals surface area contributed by atoms with Crippen molar-refractivity contribution in [2.45, 2.75) is 140 Å². The molecule has 0 bridgehead atoms. The molecule has 12 nitrogen and oxygen atoms in total. The van der Waals surface area contributed by atoms with Crippen molar-refractivity contribution < 1.29 is 56.4 Å². The maximum atomic E-state index is 15.3. The van der Waals surface area contributed by atoms with Gasteiger partial charge >= 0.3 is 11.9 Å². The van der Waals surface area contributed by atoms with Crippen LogP contribution in [-0.2, 0) is 9.59 Å². The van der Waals surface area contributed by atoms with Gasteiger partial charge in [-0.25, -0.2) is 27.2 Å². The first-order chi connectivity index (χ1) is 37.9. The first kappa shape index (κ1) is 59.8. The van der Waals surface area contributed by atoms with Gasteiger partial charge in [-0.05, 0) is 174 Å². The van der Waals surface area contributed by atoms with Gasteiger partial charge in [0, 0.05) is 68.0 Å². The summed E-state index contributed by atoms with van der Waals surface area (Å²) in [4.78, 5) is 56.0. The number of nitrogens with zero attached hydrogens (tertiary/aromatic N) is 4. The highest BCUT2D eigenvalue weighted by molar-refractivity contribution is 6.35. The van der Waals surface area contributed by atoms with Gasteiger partial charge in [0.2, 0.25) is 0 Å². The minimum absolute atomic E-state index is 0.117. The number of carbonyl (C=O) groups is 4. The van der Waals surface area contributed by atoms with Crippen LogP contribution >= 0.6 is 46.4 Å². The number of aliphatic carboxylic acids is 2. The number of carboxylic acids is 2. The lowest BCUT2D eigenvalue weighted by atomic mass is 9.80. The van der Waals surface area contributed by atoms with Crippen molar-refractivity contribution in [2.75, 3.05) is 52.5 Å². The van der Waals surface area contributed by atoms with Crippen molar-refractivity contribution >= 4 is 70.2 Å². The molecule has 4 aliphatic heterocycles. The Labute approximate surface area is 484 Å². The molecule has 432 valence electrons. The Morgan fingerprint density at radius 3 is 1.19 bits per heavy atom. The Bertz CT molecular complexity index is 2750. The zero-order valence-electron chi connectivity index (χ0n) is 45.3. The lowest BCUT2D eigenvalue weighted by Gasteiger charge is -2.42. The van der Waals surface area contributed by atoms with Gasteiger partial charge in [0.1, 0.15) is 47.6 Å². The van der Waals surface area contributed by atoms with E-state index in [-0.39, 0.29) is 71.8 Å². The number of likely N-dealkylation sites (tertiary alicyclic amines) is 4. The molecule has 2 aliphatic carbocycles. The first-order valence-corrected chi connectivity index (χ1v) is 29.1. The lowest BCUT2D eigenvalue weighted by molar-refractivity contribution is -0.142. The van der Waals surface area contributed by atoms with Gasteiger partial charge in [0.05, 0.1) is 37.4 Å². The zero-order chi connectivity index (χ0) is 57.5. The van der Waals surface area contributed by atoms with Crippen LogP contribution < -0.4 is 9.47 Å². The van der Waals surface area contributed by atoms with Gasteiger partial charge in [0.15, 0.2) is 0 Å². The van der Waals surface area contributed by atoms with Gasteiger partial charge in [-0.1, -0.05) is 60.3 Å². The van der Waals surface area contributed by atoms with E-state index in [1.165, 1.54) is 24.3 Å². The maximum absolute atomic E-state index is 15.3. The molecule has 6 fully saturated rings. The zero-order valence-corrected chi connectivity index (χ0v) is 48.3. The van der Waals surface area contributed by atoms with E-state index in [1.807, 2.05) is 24.3 Å². The van der Waals surface area contributed by atoms with Crippen molar-refractivity contribution in [1.82, 2.24) is 19.6 Å². The summed E-state index contributed by atoms with van der Waals surface area (Å²) in [7, 11) is 0. The summed E-state index contributed by atoms with van der Waals surface area (Å²) in [5, 5.41) is 21.3. The van der Waals surface area contributed by atoms with Crippen molar-refractivity contribution in [1.29, 1.82) is 0 Å². The second-order valence-electron chi connectivity index (χ2n) is 23.6. The number of carbonyl (C=O) groups excluding carboxylic acids is 2. The number of carboxylic acid groups (broad SMARTS) is 2. The topological polar surface area (TPSA) is 140 Å². The van der Waals surface area contributed by atoms with Crippen molar-refractivity contribution in [3.05, 3.63) is 126 Å². The van der Waals surface area contributed by atoms with Gasteiger partial charge < -0.3 is 29.5 Å². The summed E-state index contributed by atoms with van der Waals surface area (Å²) < 4.78 is 70.9. The third kappa shape index (κ3) is 14.0. The molecule has 4 aromatic rings. The van der Waals surface area contributed by atoms with Crippen LogP contribution in [0.3, 0.4) is 0 Å². The smallest absolute Gasteiger partial charge is 0.326 e. The third-order valence-corrected chi connectivity index (χ3v) is 18.2. The van der Waals surface area contributed by atoms with Gasteiger partial charge in [-0.15, -0.1) is 0 Å². The molecule has 2 amide bonds. The van der Waals surface area contributed by atoms with Crippen LogP contribution in [0.25, 0.3) is 0 Å². The molecule has 20 heteroatoms. The predicted octanol–water partition coefficient (Wildman–Crippen LogP) is 13.8. The van der Waals surface area contributed by atoms with Crippen molar-refractivity contribution in [2.24, 2.45) is 10.8 Å². The fourth-order valence-corrected chi connectivity index (χ4v) is 12.8. The predicted molar refractivity (Wildman–Crippen MR) is 299 cm³/mol. The molecule has 10 rings (SSSR count). The van der Waals surface area contributed by atoms with Crippen LogP contribution in [0.15, 0.2) is 60.7 Å². The molecular weight excluding hydrogens is 1120 g/mol. The fraction of sp³-hybridized carbons (Fsp3) is 0.533. The normalized spacial score (nSPS) is 23.7. The van der Waals surface area contributed by atoms with Gasteiger partial charge in [-0.3, -0.25) is 19.4 Å². The Balaban J connectivity index is 0.000000194. The molecule has 2 N–H and O–H groups in total. The van der Waals surface area contributed by atoms with E-state index in [0.29, 0.717) is 44.8 Å². The van der Waals surface area contributed by atoms with E-state index in [4.69, 9.17) is 55.9 Å². The average Bonchev–Trinajstić information content (AvgIpc) is 4.37. The number of halogens is 8. The van der Waals surface area contributed by atoms with E-state index >= 15 is 8.78 Å². The quantitative estimate of drug-likeness (QED) is 0.104. The number of benzene rings is 4. The van der Waals surface area contributed by atoms with Crippen LogP contribution in [0.5, 0.6) is 11.5 Å². The molecule has 4 saturated heterocycles. The second-order valence-corrected chi connectivity index (χ2v) is 25.4. The molecule has 0 aromatic heterocycles. The number of alkyl halides is 2. The van der Waals surface area contributed by atoms with Crippen LogP contribution in [-0.4, -0.2) is 130 Å². The summed E-state index contributed by atoms with van der Waals surface area (Å²) in [5.74, 6) is -4.60. The fourth-order valence-electron chi connectivity index (χ4n) is 11.7. The minimum atomic E-state index is -1.45. The standard InChI is InChI=1S/2C30H34Cl2F2N2O4/c2*1-17(19-9-20(31)11-21(32)10-19)35-7-5-30(2,6-8-35)16-40-27-14-25(34)24(13-23(27)18-3-4-18)28(37)36-15-22(33)12-26(36)29(38)39/h2*9-11,13-14,17-18,22,26H,3-8,12,15-16H2,1-2H3,(H,38,39)/t17-,22+,26-;17-,22-,26+/m01/s1. The lowest BCUT2D eigenvalue weighted by Crippen LogP contribution is -2.42. The number of ether oxygens (including phenoxy) is 2. The first-order valence-electron chi connectivity index (χ1n) is 27.6. The number of rotatable bonds is 16. The number of hydrogen-bond donors (Lipinski definition) is 2. The molecular formula is C60H68Cl4F4N4O8. The van der Waals surface area contributed by atoms with Crippen LogP contribution in [0.4, 0.5) is 17.6 Å². The molecule has 4 aromatic carbocycles. The van der Waals surface area contributed by atoms with Crippen molar-refractivity contribution in [3.8, 4) is 11.5 Å². The summed E-state index contributed by atoms with van der Waals surface area (Å²) in [5.41, 5.74) is 2.95. The Kier molecular flexibility index (Phi) is 18.3. The average molecular weight is 1190 g/mol. The highest BCUT2D eigenvalue weighted by Gasteiger charge is 2.44. The van der Waals surface area contributed by atoms with E-state index in [1.54, 1.807) is 12.1 Å². The summed E-state index contributed by atoms with van der Waals surface area (Å²) in [6.45, 7) is 12.2. The second kappa shape index (κ2) is 24.5. The van der Waals surface area contributed by atoms with Gasteiger partial charge in [-0.2, -0.15) is 0 Å². The Morgan fingerprint density at radius 1 is 0.562 bits per heavy atom. The Morgan fingerprint density at radius 2 is 0.887 bits per heavy atom. The monoisotopic (exact) mass is 1190 g/mol. The van der Waals surface area contributed by atoms with Crippen molar-refractivity contribution in [3.63, 3.8) is 0 Å². The van der Waals surface area contributed by atoms with Crippen LogP contribution in [0.1, 0.15) is 159 Å². The molecule has 0 unspecified atom stereocenters. The highest BCUT2D eigenvalue weighted by atomic mass is 35.5. The molecule has 2 saturated carbocycles. The summed E-state index contributed by atoms with van der Waals surface area (Å²) in [6.07, 6.45) is 3.69. The third-order valence-electron chi connectivity index (χ3n) is 17.3. The van der Waals surface area contributed by atoms with E-state index < -0.39 is 59.8 Å². The summed E-state index contributed by atoms with van der Waals surface area (Å²) >= 11 is 24.8. The number of hydrogen-bond acceptors (Lipinski definition) is 8. The molecule has 80 heavy (non-hydrogen) atoms. The highest BCUT2D eigenvalue weighted by Crippen LogP contribution is 2.48. The Hall–Kier alpha value is -4.84. The van der Waals surface area contributed by atoms with Gasteiger partial charge in [0.25, 0.3) is 11.8 Å². The minimum Gasteiger partial charge on any atom is -0.493 e. The molecule has 4 heterocycles.